The second kappa shape index (κ2) is 6.38. The molecule has 1 heterocycles. The van der Waals surface area contributed by atoms with Gasteiger partial charge in [-0.1, -0.05) is 12.1 Å². The van der Waals surface area contributed by atoms with Crippen LogP contribution in [0, 0.1) is 0 Å². The summed E-state index contributed by atoms with van der Waals surface area (Å²) in [6.07, 6.45) is 2.38. The van der Waals surface area contributed by atoms with Crippen molar-refractivity contribution in [2.24, 2.45) is 0 Å². The van der Waals surface area contributed by atoms with Gasteiger partial charge in [0.15, 0.2) is 0 Å². The zero-order valence-electron chi connectivity index (χ0n) is 11.5. The van der Waals surface area contributed by atoms with Crippen LogP contribution in [0.1, 0.15) is 5.56 Å². The monoisotopic (exact) mass is 327 g/mol. The molecule has 2 rings (SSSR count). The standard InChI is InChI=1S/C13H14ClN3O3S/c1-17(9-10-3-5-11(20-2)6-4-10)21(18,19)12-7-15-13(14)16-8-12/h3-8H,9H2,1-2H3. The Labute approximate surface area is 128 Å². The van der Waals surface area contributed by atoms with Crippen LogP contribution >= 0.6 is 11.6 Å². The lowest BCUT2D eigenvalue weighted by atomic mass is 10.2. The van der Waals surface area contributed by atoms with Crippen LogP contribution in [0.15, 0.2) is 41.6 Å². The Bertz CT molecular complexity index is 702. The molecule has 2 aromatic rings. The van der Waals surface area contributed by atoms with Gasteiger partial charge in [0.1, 0.15) is 10.6 Å². The average Bonchev–Trinajstić information content (AvgIpc) is 2.48. The molecule has 0 aliphatic carbocycles. The second-order valence-corrected chi connectivity index (χ2v) is 6.68. The van der Waals surface area contributed by atoms with Gasteiger partial charge in [-0.3, -0.25) is 0 Å². The van der Waals surface area contributed by atoms with Crippen LogP contribution in [-0.2, 0) is 16.6 Å². The molecule has 6 nitrogen and oxygen atoms in total. The van der Waals surface area contributed by atoms with Gasteiger partial charge in [0.05, 0.1) is 19.5 Å². The molecule has 0 N–H and O–H groups in total. The van der Waals surface area contributed by atoms with Gasteiger partial charge in [-0.25, -0.2) is 18.4 Å². The Hall–Kier alpha value is -1.70. The van der Waals surface area contributed by atoms with E-state index in [-0.39, 0.29) is 16.7 Å². The van der Waals surface area contributed by atoms with Crippen LogP contribution in [-0.4, -0.2) is 36.8 Å². The smallest absolute Gasteiger partial charge is 0.246 e. The summed E-state index contributed by atoms with van der Waals surface area (Å²) < 4.78 is 31.0. The third-order valence-electron chi connectivity index (χ3n) is 2.87. The first-order chi connectivity index (χ1) is 9.93. The summed E-state index contributed by atoms with van der Waals surface area (Å²) in [6.45, 7) is 0.231. The third kappa shape index (κ3) is 3.69. The van der Waals surface area contributed by atoms with Crippen LogP contribution < -0.4 is 4.74 Å². The molecule has 0 bridgehead atoms. The van der Waals surface area contributed by atoms with E-state index in [0.29, 0.717) is 0 Å². The number of ether oxygens (including phenoxy) is 1. The number of sulfonamides is 1. The molecule has 112 valence electrons. The highest BCUT2D eigenvalue weighted by atomic mass is 35.5. The lowest BCUT2D eigenvalue weighted by Gasteiger charge is -2.17. The Balaban J connectivity index is 2.17. The zero-order chi connectivity index (χ0) is 15.5. The van der Waals surface area contributed by atoms with Gasteiger partial charge < -0.3 is 4.74 Å². The van der Waals surface area contributed by atoms with Crippen molar-refractivity contribution in [2.75, 3.05) is 14.2 Å². The van der Waals surface area contributed by atoms with E-state index in [0.717, 1.165) is 11.3 Å². The number of halogens is 1. The molecule has 0 radical (unpaired) electrons. The van der Waals surface area contributed by atoms with Gasteiger partial charge in [0, 0.05) is 13.6 Å². The van der Waals surface area contributed by atoms with Gasteiger partial charge in [0.25, 0.3) is 0 Å². The molecule has 0 aliphatic rings. The van der Waals surface area contributed by atoms with Crippen molar-refractivity contribution in [3.8, 4) is 5.75 Å². The highest BCUT2D eigenvalue weighted by Crippen LogP contribution is 2.17. The largest absolute Gasteiger partial charge is 0.497 e. The first kappa shape index (κ1) is 15.7. The predicted octanol–water partition coefficient (Wildman–Crippen LogP) is 1.96. The van der Waals surface area contributed by atoms with Crippen molar-refractivity contribution in [1.29, 1.82) is 0 Å². The van der Waals surface area contributed by atoms with Crippen LogP contribution in [0.5, 0.6) is 5.75 Å². The Morgan fingerprint density at radius 3 is 2.29 bits per heavy atom. The van der Waals surface area contributed by atoms with E-state index in [1.54, 1.807) is 19.2 Å². The first-order valence-electron chi connectivity index (χ1n) is 6.00. The fourth-order valence-electron chi connectivity index (χ4n) is 1.69. The zero-order valence-corrected chi connectivity index (χ0v) is 13.1. The molecule has 0 aliphatic heterocycles. The van der Waals surface area contributed by atoms with Gasteiger partial charge in [-0.15, -0.1) is 0 Å². The highest BCUT2D eigenvalue weighted by molar-refractivity contribution is 7.89. The van der Waals surface area contributed by atoms with Gasteiger partial charge in [-0.05, 0) is 29.3 Å². The second-order valence-electron chi connectivity index (χ2n) is 4.30. The molecule has 0 amide bonds. The Kier molecular flexibility index (Phi) is 4.76. The Morgan fingerprint density at radius 2 is 1.76 bits per heavy atom. The van der Waals surface area contributed by atoms with Gasteiger partial charge in [0.2, 0.25) is 15.3 Å². The summed E-state index contributed by atoms with van der Waals surface area (Å²) in [7, 11) is -0.581. The summed E-state index contributed by atoms with van der Waals surface area (Å²) in [6, 6.07) is 7.18. The molecule has 1 aromatic carbocycles. The summed E-state index contributed by atoms with van der Waals surface area (Å²) in [5.41, 5.74) is 0.844. The van der Waals surface area contributed by atoms with Crippen LogP contribution in [0.25, 0.3) is 0 Å². The quantitative estimate of drug-likeness (QED) is 0.785. The maximum atomic E-state index is 12.3. The van der Waals surface area contributed by atoms with Crippen LogP contribution in [0.3, 0.4) is 0 Å². The third-order valence-corrected chi connectivity index (χ3v) is 4.82. The fraction of sp³-hybridized carbons (Fsp3) is 0.231. The minimum absolute atomic E-state index is 0.00270. The van der Waals surface area contributed by atoms with E-state index in [9.17, 15) is 8.42 Å². The molecule has 8 heteroatoms. The van der Waals surface area contributed by atoms with E-state index in [4.69, 9.17) is 16.3 Å². The maximum Gasteiger partial charge on any atom is 0.246 e. The predicted molar refractivity (Wildman–Crippen MR) is 78.7 cm³/mol. The minimum Gasteiger partial charge on any atom is -0.497 e. The van der Waals surface area contributed by atoms with Crippen LogP contribution in [0.4, 0.5) is 0 Å². The number of hydrogen-bond acceptors (Lipinski definition) is 5. The topological polar surface area (TPSA) is 72.4 Å². The lowest BCUT2D eigenvalue weighted by molar-refractivity contribution is 0.414. The van der Waals surface area contributed by atoms with Crippen molar-refractivity contribution in [1.82, 2.24) is 14.3 Å². The van der Waals surface area contributed by atoms with Crippen molar-refractivity contribution in [3.63, 3.8) is 0 Å². The van der Waals surface area contributed by atoms with E-state index in [2.05, 4.69) is 9.97 Å². The number of methoxy groups -OCH3 is 1. The normalized spacial score (nSPS) is 11.6. The van der Waals surface area contributed by atoms with Crippen molar-refractivity contribution >= 4 is 21.6 Å². The number of hydrogen-bond donors (Lipinski definition) is 0. The van der Waals surface area contributed by atoms with Crippen LogP contribution in [0.2, 0.25) is 5.28 Å². The first-order valence-corrected chi connectivity index (χ1v) is 7.82. The molecule has 0 fully saturated rings. The molecular formula is C13H14ClN3O3S. The molecule has 0 unspecified atom stereocenters. The molecule has 1 aromatic heterocycles. The average molecular weight is 328 g/mol. The SMILES string of the molecule is COc1ccc(CN(C)S(=O)(=O)c2cnc(Cl)nc2)cc1. The lowest BCUT2D eigenvalue weighted by Crippen LogP contribution is -2.26. The van der Waals surface area contributed by atoms with Crippen molar-refractivity contribution in [3.05, 3.63) is 47.5 Å². The summed E-state index contributed by atoms with van der Waals surface area (Å²) in [5.74, 6) is 0.718. The molecule has 0 saturated carbocycles. The fourth-order valence-corrected chi connectivity index (χ4v) is 2.83. The summed E-state index contributed by atoms with van der Waals surface area (Å²) in [4.78, 5) is 7.38. The summed E-state index contributed by atoms with van der Waals surface area (Å²) >= 11 is 5.56. The van der Waals surface area contributed by atoms with Gasteiger partial charge >= 0.3 is 0 Å². The number of nitrogens with zero attached hydrogens (tertiary/aromatic N) is 3. The summed E-state index contributed by atoms with van der Waals surface area (Å²) in [5, 5.41) is 0.00626. The minimum atomic E-state index is -3.65. The molecule has 21 heavy (non-hydrogen) atoms. The van der Waals surface area contributed by atoms with E-state index in [1.807, 2.05) is 12.1 Å². The number of rotatable bonds is 5. The Morgan fingerprint density at radius 1 is 1.19 bits per heavy atom. The molecule has 0 saturated heterocycles. The van der Waals surface area contributed by atoms with E-state index >= 15 is 0 Å². The number of aromatic nitrogens is 2. The molecule has 0 atom stereocenters. The molecular weight excluding hydrogens is 314 g/mol. The molecule has 0 spiro atoms. The van der Waals surface area contributed by atoms with E-state index < -0.39 is 10.0 Å². The number of benzene rings is 1. The van der Waals surface area contributed by atoms with E-state index in [1.165, 1.54) is 23.7 Å². The maximum absolute atomic E-state index is 12.3. The van der Waals surface area contributed by atoms with Crippen molar-refractivity contribution in [2.45, 2.75) is 11.4 Å². The highest BCUT2D eigenvalue weighted by Gasteiger charge is 2.21. The van der Waals surface area contributed by atoms with Crippen molar-refractivity contribution < 1.29 is 13.2 Å². The van der Waals surface area contributed by atoms with Gasteiger partial charge in [-0.2, -0.15) is 4.31 Å².